The molecule has 0 radical (unpaired) electrons. The standard InChI is InChI=1S/C15H24BrN3/c1-3-19-14(15(16)11(2)18-19)10-13(17)9-12-7-5-4-6-8-12/h7,13H,3-6,8-10,17H2,1-2H3. The molecule has 3 nitrogen and oxygen atoms in total. The first-order valence-electron chi connectivity index (χ1n) is 7.27. The normalized spacial score (nSPS) is 17.4. The summed E-state index contributed by atoms with van der Waals surface area (Å²) in [6.07, 6.45) is 9.45. The van der Waals surface area contributed by atoms with E-state index in [-0.39, 0.29) is 6.04 Å². The fraction of sp³-hybridized carbons (Fsp3) is 0.667. The number of aryl methyl sites for hydroxylation is 2. The highest BCUT2D eigenvalue weighted by Gasteiger charge is 2.16. The van der Waals surface area contributed by atoms with Crippen molar-refractivity contribution >= 4 is 15.9 Å². The fourth-order valence-corrected chi connectivity index (χ4v) is 3.26. The number of halogens is 1. The quantitative estimate of drug-likeness (QED) is 0.838. The Morgan fingerprint density at radius 1 is 1.42 bits per heavy atom. The van der Waals surface area contributed by atoms with Crippen molar-refractivity contribution in [3.8, 4) is 0 Å². The Morgan fingerprint density at radius 2 is 2.21 bits per heavy atom. The summed E-state index contributed by atoms with van der Waals surface area (Å²) in [5, 5.41) is 4.53. The molecule has 1 aromatic heterocycles. The summed E-state index contributed by atoms with van der Waals surface area (Å²) in [6.45, 7) is 5.06. The molecule has 2 N–H and O–H groups in total. The van der Waals surface area contributed by atoms with Crippen molar-refractivity contribution in [1.82, 2.24) is 9.78 Å². The molecule has 0 spiro atoms. The largest absolute Gasteiger partial charge is 0.327 e. The van der Waals surface area contributed by atoms with Gasteiger partial charge in [0.2, 0.25) is 0 Å². The predicted molar refractivity (Wildman–Crippen MR) is 83.2 cm³/mol. The van der Waals surface area contributed by atoms with E-state index in [1.165, 1.54) is 31.4 Å². The maximum Gasteiger partial charge on any atom is 0.0738 e. The first-order chi connectivity index (χ1) is 9.11. The Bertz CT molecular complexity index is 462. The van der Waals surface area contributed by atoms with Gasteiger partial charge in [-0.25, -0.2) is 0 Å². The van der Waals surface area contributed by atoms with Crippen molar-refractivity contribution < 1.29 is 0 Å². The number of nitrogens with zero attached hydrogens (tertiary/aromatic N) is 2. The number of hydrogen-bond acceptors (Lipinski definition) is 2. The molecule has 1 atom stereocenters. The van der Waals surface area contributed by atoms with Crippen LogP contribution in [0.25, 0.3) is 0 Å². The van der Waals surface area contributed by atoms with Crippen molar-refractivity contribution in [2.75, 3.05) is 0 Å². The number of allylic oxidation sites excluding steroid dienone is 1. The van der Waals surface area contributed by atoms with Crippen molar-refractivity contribution in [3.63, 3.8) is 0 Å². The van der Waals surface area contributed by atoms with E-state index in [1.807, 2.05) is 6.92 Å². The lowest BCUT2D eigenvalue weighted by atomic mass is 9.93. The van der Waals surface area contributed by atoms with Gasteiger partial charge in [-0.3, -0.25) is 4.68 Å². The van der Waals surface area contributed by atoms with E-state index in [0.717, 1.165) is 29.6 Å². The highest BCUT2D eigenvalue weighted by Crippen LogP contribution is 2.25. The number of aromatic nitrogens is 2. The second-order valence-electron chi connectivity index (χ2n) is 5.44. The molecule has 106 valence electrons. The highest BCUT2D eigenvalue weighted by molar-refractivity contribution is 9.10. The van der Waals surface area contributed by atoms with Crippen LogP contribution >= 0.6 is 15.9 Å². The summed E-state index contributed by atoms with van der Waals surface area (Å²) in [7, 11) is 0. The van der Waals surface area contributed by atoms with E-state index in [4.69, 9.17) is 5.73 Å². The third-order valence-corrected chi connectivity index (χ3v) is 4.85. The van der Waals surface area contributed by atoms with Gasteiger partial charge in [0.25, 0.3) is 0 Å². The molecule has 19 heavy (non-hydrogen) atoms. The van der Waals surface area contributed by atoms with Gasteiger partial charge in [-0.15, -0.1) is 0 Å². The predicted octanol–water partition coefficient (Wildman–Crippen LogP) is 3.73. The van der Waals surface area contributed by atoms with Gasteiger partial charge >= 0.3 is 0 Å². The van der Waals surface area contributed by atoms with E-state index < -0.39 is 0 Å². The van der Waals surface area contributed by atoms with Crippen LogP contribution in [-0.4, -0.2) is 15.8 Å². The van der Waals surface area contributed by atoms with Crippen LogP contribution in [0.3, 0.4) is 0 Å². The average Bonchev–Trinajstić information content (AvgIpc) is 2.67. The molecule has 1 aromatic rings. The molecule has 1 aliphatic carbocycles. The van der Waals surface area contributed by atoms with Crippen molar-refractivity contribution in [3.05, 3.63) is 27.5 Å². The highest BCUT2D eigenvalue weighted by atomic mass is 79.9. The van der Waals surface area contributed by atoms with Gasteiger partial charge in [0.15, 0.2) is 0 Å². The van der Waals surface area contributed by atoms with E-state index in [0.29, 0.717) is 0 Å². The lowest BCUT2D eigenvalue weighted by Gasteiger charge is -2.18. The lowest BCUT2D eigenvalue weighted by molar-refractivity contribution is 0.558. The van der Waals surface area contributed by atoms with E-state index in [2.05, 4.69) is 38.7 Å². The maximum atomic E-state index is 6.34. The van der Waals surface area contributed by atoms with Gasteiger partial charge in [0, 0.05) is 19.0 Å². The maximum absolute atomic E-state index is 6.34. The SMILES string of the molecule is CCn1nc(C)c(Br)c1CC(N)CC1=CCCCC1. The minimum absolute atomic E-state index is 0.196. The molecule has 4 heteroatoms. The zero-order valence-corrected chi connectivity index (χ0v) is 13.5. The third-order valence-electron chi connectivity index (χ3n) is 3.82. The molecule has 0 aromatic carbocycles. The van der Waals surface area contributed by atoms with Crippen LogP contribution < -0.4 is 5.73 Å². The van der Waals surface area contributed by atoms with Crippen LogP contribution in [-0.2, 0) is 13.0 Å². The summed E-state index contributed by atoms with van der Waals surface area (Å²) in [6, 6.07) is 0.196. The first kappa shape index (κ1) is 14.8. The van der Waals surface area contributed by atoms with Gasteiger partial charge in [0.1, 0.15) is 0 Å². The molecule has 0 saturated heterocycles. The minimum atomic E-state index is 0.196. The van der Waals surface area contributed by atoms with Gasteiger partial charge < -0.3 is 5.73 Å². The minimum Gasteiger partial charge on any atom is -0.327 e. The Balaban J connectivity index is 2.02. The van der Waals surface area contributed by atoms with Crippen LogP contribution in [0.5, 0.6) is 0 Å². The van der Waals surface area contributed by atoms with Gasteiger partial charge in [-0.05, 0) is 61.9 Å². The monoisotopic (exact) mass is 325 g/mol. The summed E-state index contributed by atoms with van der Waals surface area (Å²) < 4.78 is 3.19. The summed E-state index contributed by atoms with van der Waals surface area (Å²) in [5.41, 5.74) is 10.2. The van der Waals surface area contributed by atoms with Gasteiger partial charge in [0.05, 0.1) is 15.9 Å². The second kappa shape index (κ2) is 6.71. The Hall–Kier alpha value is -0.610. The van der Waals surface area contributed by atoms with Crippen LogP contribution in [0.15, 0.2) is 16.1 Å². The molecule has 1 heterocycles. The molecular formula is C15H24BrN3. The Labute approximate surface area is 124 Å². The van der Waals surface area contributed by atoms with Gasteiger partial charge in [-0.1, -0.05) is 11.6 Å². The van der Waals surface area contributed by atoms with E-state index in [1.54, 1.807) is 5.57 Å². The van der Waals surface area contributed by atoms with Gasteiger partial charge in [-0.2, -0.15) is 5.10 Å². The van der Waals surface area contributed by atoms with Crippen LogP contribution in [0.4, 0.5) is 0 Å². The topological polar surface area (TPSA) is 43.8 Å². The van der Waals surface area contributed by atoms with Crippen molar-refractivity contribution in [2.24, 2.45) is 5.73 Å². The molecule has 2 rings (SSSR count). The number of rotatable bonds is 5. The summed E-state index contributed by atoms with van der Waals surface area (Å²) >= 11 is 3.64. The van der Waals surface area contributed by atoms with Crippen LogP contribution in [0.2, 0.25) is 0 Å². The third kappa shape index (κ3) is 3.69. The lowest BCUT2D eigenvalue weighted by Crippen LogP contribution is -2.25. The second-order valence-corrected chi connectivity index (χ2v) is 6.23. The van der Waals surface area contributed by atoms with E-state index >= 15 is 0 Å². The molecular weight excluding hydrogens is 302 g/mol. The molecule has 0 amide bonds. The van der Waals surface area contributed by atoms with E-state index in [9.17, 15) is 0 Å². The molecule has 1 unspecified atom stereocenters. The summed E-state index contributed by atoms with van der Waals surface area (Å²) in [4.78, 5) is 0. The Kier molecular flexibility index (Phi) is 5.22. The van der Waals surface area contributed by atoms with Crippen molar-refractivity contribution in [1.29, 1.82) is 0 Å². The number of hydrogen-bond donors (Lipinski definition) is 1. The van der Waals surface area contributed by atoms with Crippen LogP contribution in [0, 0.1) is 6.92 Å². The Morgan fingerprint density at radius 3 is 2.84 bits per heavy atom. The zero-order chi connectivity index (χ0) is 13.8. The van der Waals surface area contributed by atoms with Crippen molar-refractivity contribution in [2.45, 2.75) is 65.0 Å². The fourth-order valence-electron chi connectivity index (χ4n) is 2.81. The molecule has 0 saturated carbocycles. The molecule has 0 fully saturated rings. The number of nitrogens with two attached hydrogens (primary N) is 1. The smallest absolute Gasteiger partial charge is 0.0738 e. The van der Waals surface area contributed by atoms with Crippen LogP contribution in [0.1, 0.15) is 50.4 Å². The molecule has 0 bridgehead atoms. The molecule has 1 aliphatic rings. The first-order valence-corrected chi connectivity index (χ1v) is 8.06. The zero-order valence-electron chi connectivity index (χ0n) is 12.0. The average molecular weight is 326 g/mol. The summed E-state index contributed by atoms with van der Waals surface area (Å²) in [5.74, 6) is 0. The molecule has 0 aliphatic heterocycles.